The molecule has 7 nitrogen and oxygen atoms in total. The van der Waals surface area contributed by atoms with Crippen LogP contribution in [0.1, 0.15) is 16.2 Å². The molecule has 0 unspecified atom stereocenters. The van der Waals surface area contributed by atoms with Crippen LogP contribution in [0.25, 0.3) is 26.3 Å². The normalized spacial score (nSPS) is 11.1. The molecular weight excluding hydrogens is 398 g/mol. The van der Waals surface area contributed by atoms with Crippen molar-refractivity contribution in [3.63, 3.8) is 0 Å². The van der Waals surface area contributed by atoms with E-state index >= 15 is 0 Å². The van der Waals surface area contributed by atoms with Crippen LogP contribution in [0, 0.1) is 6.92 Å². The van der Waals surface area contributed by atoms with Crippen molar-refractivity contribution < 1.29 is 9.53 Å². The summed E-state index contributed by atoms with van der Waals surface area (Å²) in [6.07, 6.45) is 0. The summed E-state index contributed by atoms with van der Waals surface area (Å²) in [5.74, 6) is 1.10. The van der Waals surface area contributed by atoms with Crippen molar-refractivity contribution in [3.05, 3.63) is 72.1 Å². The number of hydrogen-bond acceptors (Lipinski definition) is 6. The van der Waals surface area contributed by atoms with Crippen molar-refractivity contribution in [1.82, 2.24) is 19.8 Å². The lowest BCUT2D eigenvalue weighted by molar-refractivity contribution is 0.102. The van der Waals surface area contributed by atoms with E-state index in [4.69, 9.17) is 4.74 Å². The molecule has 0 saturated carbocycles. The highest BCUT2D eigenvalue weighted by Gasteiger charge is 2.15. The maximum atomic E-state index is 12.9. The molecular formula is C22H17N5O2S. The number of aryl methyl sites for hydroxylation is 1. The molecule has 1 amide bonds. The van der Waals surface area contributed by atoms with Gasteiger partial charge in [0.15, 0.2) is 5.82 Å². The van der Waals surface area contributed by atoms with Crippen molar-refractivity contribution in [2.45, 2.75) is 6.92 Å². The largest absolute Gasteiger partial charge is 0.495 e. The van der Waals surface area contributed by atoms with E-state index in [0.29, 0.717) is 17.0 Å². The number of methoxy groups -OCH3 is 1. The van der Waals surface area contributed by atoms with E-state index in [1.54, 1.807) is 11.6 Å². The molecule has 5 aromatic rings. The van der Waals surface area contributed by atoms with Gasteiger partial charge in [-0.1, -0.05) is 41.7 Å². The number of fused-ring (bicyclic) bond motifs is 2. The molecule has 30 heavy (non-hydrogen) atoms. The molecule has 3 aromatic carbocycles. The lowest BCUT2D eigenvalue weighted by Gasteiger charge is -2.12. The lowest BCUT2D eigenvalue weighted by Crippen LogP contribution is -2.12. The summed E-state index contributed by atoms with van der Waals surface area (Å²) in [6.45, 7) is 1.85. The van der Waals surface area contributed by atoms with Crippen molar-refractivity contribution in [2.75, 3.05) is 12.4 Å². The maximum absolute atomic E-state index is 12.9. The Bertz CT molecular complexity index is 1410. The average Bonchev–Trinajstić information content (AvgIpc) is 3.35. The Morgan fingerprint density at radius 3 is 2.67 bits per heavy atom. The standard InChI is InChI=1S/C22H17N5O2S/c1-13-24-25-22-27(13)26-21(30-22)17-9-10-19(29-2)18(12-17)23-20(28)16-8-7-14-5-3-4-6-15(14)11-16/h3-12H,1-2H3,(H,23,28). The smallest absolute Gasteiger partial charge is 0.255 e. The Kier molecular flexibility index (Phi) is 4.40. The monoisotopic (exact) mass is 415 g/mol. The molecule has 0 bridgehead atoms. The first kappa shape index (κ1) is 18.3. The summed E-state index contributed by atoms with van der Waals surface area (Å²) in [5.41, 5.74) is 2.02. The predicted molar refractivity (Wildman–Crippen MR) is 117 cm³/mol. The Morgan fingerprint density at radius 2 is 1.87 bits per heavy atom. The van der Waals surface area contributed by atoms with Crippen LogP contribution in [-0.4, -0.2) is 32.8 Å². The van der Waals surface area contributed by atoms with Crippen LogP contribution in [0.15, 0.2) is 60.7 Å². The van der Waals surface area contributed by atoms with E-state index < -0.39 is 0 Å². The zero-order valence-electron chi connectivity index (χ0n) is 16.3. The molecule has 2 heterocycles. The fourth-order valence-corrected chi connectivity index (χ4v) is 4.18. The number of ether oxygens (including phenoxy) is 1. The van der Waals surface area contributed by atoms with Crippen LogP contribution in [0.3, 0.4) is 0 Å². The summed E-state index contributed by atoms with van der Waals surface area (Å²) in [6, 6.07) is 19.2. The second kappa shape index (κ2) is 7.23. The predicted octanol–water partition coefficient (Wildman–Crippen LogP) is 4.58. The van der Waals surface area contributed by atoms with Gasteiger partial charge in [0.25, 0.3) is 5.91 Å². The third-order valence-corrected chi connectivity index (χ3v) is 5.80. The topological polar surface area (TPSA) is 81.4 Å². The number of carbonyl (C=O) groups excluding carboxylic acids is 1. The van der Waals surface area contributed by atoms with Crippen LogP contribution >= 0.6 is 11.3 Å². The number of benzene rings is 3. The van der Waals surface area contributed by atoms with Gasteiger partial charge in [0.05, 0.1) is 12.8 Å². The number of carbonyl (C=O) groups is 1. The van der Waals surface area contributed by atoms with Crippen molar-refractivity contribution >= 4 is 38.7 Å². The first-order valence-corrected chi connectivity index (χ1v) is 10.1. The van der Waals surface area contributed by atoms with Crippen LogP contribution in [-0.2, 0) is 0 Å². The summed E-state index contributed by atoms with van der Waals surface area (Å²) in [4.78, 5) is 13.6. The molecule has 0 aliphatic rings. The fourth-order valence-electron chi connectivity index (χ4n) is 3.30. The molecule has 2 aromatic heterocycles. The van der Waals surface area contributed by atoms with Gasteiger partial charge in [-0.2, -0.15) is 9.61 Å². The van der Waals surface area contributed by atoms with E-state index in [2.05, 4.69) is 20.6 Å². The van der Waals surface area contributed by atoms with Gasteiger partial charge in [-0.3, -0.25) is 4.79 Å². The average molecular weight is 415 g/mol. The summed E-state index contributed by atoms with van der Waals surface area (Å²) >= 11 is 1.43. The minimum Gasteiger partial charge on any atom is -0.495 e. The Balaban J connectivity index is 1.49. The van der Waals surface area contributed by atoms with Crippen molar-refractivity contribution in [2.24, 2.45) is 0 Å². The number of rotatable bonds is 4. The Labute approximate surface area is 176 Å². The first-order chi connectivity index (χ1) is 14.6. The molecule has 8 heteroatoms. The number of anilines is 1. The van der Waals surface area contributed by atoms with Crippen LogP contribution < -0.4 is 10.1 Å². The van der Waals surface area contributed by atoms with Gasteiger partial charge in [-0.05, 0) is 48.0 Å². The van der Waals surface area contributed by atoms with Crippen molar-refractivity contribution in [1.29, 1.82) is 0 Å². The van der Waals surface area contributed by atoms with Gasteiger partial charge in [-0.25, -0.2) is 0 Å². The van der Waals surface area contributed by atoms with Gasteiger partial charge >= 0.3 is 0 Å². The van der Waals surface area contributed by atoms with Crippen LogP contribution in [0.2, 0.25) is 0 Å². The van der Waals surface area contributed by atoms with E-state index in [9.17, 15) is 4.79 Å². The third-order valence-electron chi connectivity index (χ3n) is 4.85. The van der Waals surface area contributed by atoms with E-state index in [1.807, 2.05) is 67.6 Å². The number of hydrogen-bond donors (Lipinski definition) is 1. The second-order valence-electron chi connectivity index (χ2n) is 6.78. The zero-order valence-corrected chi connectivity index (χ0v) is 17.1. The van der Waals surface area contributed by atoms with E-state index in [1.165, 1.54) is 11.3 Å². The molecule has 0 fully saturated rings. The minimum absolute atomic E-state index is 0.204. The highest BCUT2D eigenvalue weighted by atomic mass is 32.1. The summed E-state index contributed by atoms with van der Waals surface area (Å²) < 4.78 is 7.15. The molecule has 0 spiro atoms. The third kappa shape index (κ3) is 3.17. The molecule has 0 radical (unpaired) electrons. The molecule has 1 N–H and O–H groups in total. The molecule has 0 atom stereocenters. The zero-order chi connectivity index (χ0) is 20.7. The number of amides is 1. The highest BCUT2D eigenvalue weighted by molar-refractivity contribution is 7.19. The van der Waals surface area contributed by atoms with E-state index in [0.717, 1.165) is 32.1 Å². The highest BCUT2D eigenvalue weighted by Crippen LogP contribution is 2.33. The van der Waals surface area contributed by atoms with Crippen LogP contribution in [0.5, 0.6) is 5.75 Å². The number of nitrogens with zero attached hydrogens (tertiary/aromatic N) is 4. The lowest BCUT2D eigenvalue weighted by atomic mass is 10.1. The van der Waals surface area contributed by atoms with Gasteiger partial charge in [0.1, 0.15) is 10.8 Å². The van der Waals surface area contributed by atoms with Gasteiger partial charge in [0.2, 0.25) is 4.96 Å². The van der Waals surface area contributed by atoms with Gasteiger partial charge in [0, 0.05) is 11.1 Å². The molecule has 0 aliphatic heterocycles. The molecule has 0 saturated heterocycles. The van der Waals surface area contributed by atoms with Crippen LogP contribution in [0.4, 0.5) is 5.69 Å². The van der Waals surface area contributed by atoms with Gasteiger partial charge < -0.3 is 10.1 Å². The first-order valence-electron chi connectivity index (χ1n) is 9.30. The number of aromatic nitrogens is 4. The minimum atomic E-state index is -0.204. The summed E-state index contributed by atoms with van der Waals surface area (Å²) in [7, 11) is 1.58. The summed E-state index contributed by atoms with van der Waals surface area (Å²) in [5, 5.41) is 18.5. The molecule has 148 valence electrons. The maximum Gasteiger partial charge on any atom is 0.255 e. The second-order valence-corrected chi connectivity index (χ2v) is 7.74. The molecule has 5 rings (SSSR count). The van der Waals surface area contributed by atoms with Crippen molar-refractivity contribution in [3.8, 4) is 16.3 Å². The quantitative estimate of drug-likeness (QED) is 0.465. The fraction of sp³-hybridized carbons (Fsp3) is 0.0909. The Hall–Kier alpha value is -3.78. The Morgan fingerprint density at radius 1 is 1.03 bits per heavy atom. The SMILES string of the molecule is COc1ccc(-c2nn3c(C)nnc3s2)cc1NC(=O)c1ccc2ccccc2c1. The van der Waals surface area contributed by atoms with E-state index in [-0.39, 0.29) is 5.91 Å². The molecule has 0 aliphatic carbocycles. The number of nitrogens with one attached hydrogen (secondary N) is 1. The van der Waals surface area contributed by atoms with Gasteiger partial charge in [-0.15, -0.1) is 10.2 Å².